The van der Waals surface area contributed by atoms with Gasteiger partial charge in [-0.3, -0.25) is 0 Å². The zero-order chi connectivity index (χ0) is 12.5. The van der Waals surface area contributed by atoms with Gasteiger partial charge in [0, 0.05) is 19.4 Å². The third-order valence-electron chi connectivity index (χ3n) is 2.81. The summed E-state index contributed by atoms with van der Waals surface area (Å²) in [7, 11) is 1.82. The lowest BCUT2D eigenvalue weighted by Gasteiger charge is -2.23. The summed E-state index contributed by atoms with van der Waals surface area (Å²) in [5.74, 6) is 0.549. The van der Waals surface area contributed by atoms with Crippen LogP contribution in [0.5, 0.6) is 0 Å². The molecule has 1 aromatic heterocycles. The van der Waals surface area contributed by atoms with Gasteiger partial charge in [-0.05, 0) is 24.6 Å². The molecule has 4 nitrogen and oxygen atoms in total. The third kappa shape index (κ3) is 1.93. The predicted molar refractivity (Wildman–Crippen MR) is 63.0 cm³/mol. The van der Waals surface area contributed by atoms with E-state index in [0.717, 1.165) is 0 Å². The number of aliphatic hydroxyl groups is 1. The van der Waals surface area contributed by atoms with Crippen molar-refractivity contribution in [2.45, 2.75) is 12.5 Å². The molecule has 1 N–H and O–H groups in total. The van der Waals surface area contributed by atoms with Crippen LogP contribution >= 0.6 is 0 Å². The summed E-state index contributed by atoms with van der Waals surface area (Å²) >= 11 is 0. The van der Waals surface area contributed by atoms with Crippen LogP contribution < -0.4 is 0 Å². The number of rotatable bonds is 2. The van der Waals surface area contributed by atoms with Gasteiger partial charge in [0.05, 0.1) is 11.6 Å². The van der Waals surface area contributed by atoms with Gasteiger partial charge in [-0.15, -0.1) is 0 Å². The van der Waals surface area contributed by atoms with Crippen molar-refractivity contribution in [3.8, 4) is 6.07 Å². The molecule has 0 aliphatic heterocycles. The second kappa shape index (κ2) is 4.04. The maximum absolute atomic E-state index is 10.6. The molecule has 0 aliphatic rings. The minimum Gasteiger partial charge on any atom is -0.377 e. The molecule has 86 valence electrons. The molecule has 1 atom stereocenters. The van der Waals surface area contributed by atoms with Gasteiger partial charge in [-0.1, -0.05) is 12.1 Å². The maximum Gasteiger partial charge on any atom is 0.144 e. The molecule has 4 heteroatoms. The number of hydrogen-bond acceptors (Lipinski definition) is 3. The van der Waals surface area contributed by atoms with Gasteiger partial charge in [0.2, 0.25) is 0 Å². The highest BCUT2D eigenvalue weighted by molar-refractivity contribution is 5.37. The van der Waals surface area contributed by atoms with E-state index >= 15 is 0 Å². The van der Waals surface area contributed by atoms with Crippen LogP contribution in [0.25, 0.3) is 0 Å². The number of benzene rings is 1. The fourth-order valence-electron chi connectivity index (χ4n) is 1.86. The minimum atomic E-state index is -1.20. The van der Waals surface area contributed by atoms with Crippen LogP contribution in [0.2, 0.25) is 0 Å². The molecule has 2 aromatic rings. The van der Waals surface area contributed by atoms with E-state index in [-0.39, 0.29) is 0 Å². The highest BCUT2D eigenvalue weighted by atomic mass is 16.3. The monoisotopic (exact) mass is 227 g/mol. The quantitative estimate of drug-likeness (QED) is 0.846. The maximum atomic E-state index is 10.6. The van der Waals surface area contributed by atoms with Crippen LogP contribution in [0.1, 0.15) is 23.9 Å². The second-order valence-electron chi connectivity index (χ2n) is 4.13. The van der Waals surface area contributed by atoms with E-state index in [1.165, 1.54) is 0 Å². The Balaban J connectivity index is 2.52. The molecular weight excluding hydrogens is 214 g/mol. The summed E-state index contributed by atoms with van der Waals surface area (Å²) in [6, 6.07) is 8.99. The summed E-state index contributed by atoms with van der Waals surface area (Å²) < 4.78 is 1.76. The van der Waals surface area contributed by atoms with Crippen LogP contribution in [-0.2, 0) is 12.6 Å². The zero-order valence-electron chi connectivity index (χ0n) is 9.75. The fraction of sp³-hybridized carbons (Fsp3) is 0.231. The number of hydrogen-bond donors (Lipinski definition) is 1. The summed E-state index contributed by atoms with van der Waals surface area (Å²) in [6.45, 7) is 1.67. The molecule has 0 aliphatic carbocycles. The molecule has 0 amide bonds. The molecule has 0 spiro atoms. The van der Waals surface area contributed by atoms with Crippen LogP contribution in [0.3, 0.4) is 0 Å². The standard InChI is InChI=1S/C13H13N3O/c1-13(17,12-15-6-7-16(12)2)11-5-3-4-10(8-11)9-14/h3-8,17H,1-2H3. The van der Waals surface area contributed by atoms with Gasteiger partial charge in [0.15, 0.2) is 0 Å². The predicted octanol–water partition coefficient (Wildman–Crippen LogP) is 1.55. The Morgan fingerprint density at radius 1 is 1.47 bits per heavy atom. The van der Waals surface area contributed by atoms with E-state index in [2.05, 4.69) is 11.1 Å². The summed E-state index contributed by atoms with van der Waals surface area (Å²) in [5, 5.41) is 19.4. The van der Waals surface area contributed by atoms with E-state index in [1.54, 1.807) is 48.1 Å². The smallest absolute Gasteiger partial charge is 0.144 e. The van der Waals surface area contributed by atoms with Crippen molar-refractivity contribution in [3.05, 3.63) is 53.6 Å². The molecule has 2 rings (SSSR count). The molecule has 0 saturated carbocycles. The number of imidazole rings is 1. The van der Waals surface area contributed by atoms with Gasteiger partial charge >= 0.3 is 0 Å². The number of aromatic nitrogens is 2. The third-order valence-corrected chi connectivity index (χ3v) is 2.81. The van der Waals surface area contributed by atoms with Crippen molar-refractivity contribution >= 4 is 0 Å². The number of aryl methyl sites for hydroxylation is 1. The van der Waals surface area contributed by atoms with Crippen LogP contribution in [0, 0.1) is 11.3 Å². The van der Waals surface area contributed by atoms with E-state index < -0.39 is 5.60 Å². The Bertz CT molecular complexity index is 578. The molecule has 1 unspecified atom stereocenters. The van der Waals surface area contributed by atoms with Gasteiger partial charge in [-0.25, -0.2) is 4.98 Å². The van der Waals surface area contributed by atoms with Crippen LogP contribution in [-0.4, -0.2) is 14.7 Å². The first-order valence-corrected chi connectivity index (χ1v) is 5.26. The van der Waals surface area contributed by atoms with Crippen molar-refractivity contribution in [3.63, 3.8) is 0 Å². The largest absolute Gasteiger partial charge is 0.377 e. The first-order chi connectivity index (χ1) is 8.05. The van der Waals surface area contributed by atoms with Crippen molar-refractivity contribution in [1.82, 2.24) is 9.55 Å². The fourth-order valence-corrected chi connectivity index (χ4v) is 1.86. The summed E-state index contributed by atoms with van der Waals surface area (Å²) in [5.41, 5.74) is -0.0201. The Morgan fingerprint density at radius 3 is 2.82 bits per heavy atom. The molecule has 0 radical (unpaired) electrons. The molecule has 1 heterocycles. The lowest BCUT2D eigenvalue weighted by Crippen LogP contribution is -2.26. The molecule has 0 bridgehead atoms. The molecule has 17 heavy (non-hydrogen) atoms. The van der Waals surface area contributed by atoms with E-state index in [4.69, 9.17) is 5.26 Å². The number of nitrogens with zero attached hydrogens (tertiary/aromatic N) is 3. The van der Waals surface area contributed by atoms with Crippen molar-refractivity contribution in [1.29, 1.82) is 5.26 Å². The average molecular weight is 227 g/mol. The lowest BCUT2D eigenvalue weighted by atomic mass is 9.94. The van der Waals surface area contributed by atoms with E-state index in [9.17, 15) is 5.11 Å². The highest BCUT2D eigenvalue weighted by Crippen LogP contribution is 2.27. The van der Waals surface area contributed by atoms with Crippen molar-refractivity contribution < 1.29 is 5.11 Å². The Labute approximate surface area is 99.8 Å². The number of nitriles is 1. The first-order valence-electron chi connectivity index (χ1n) is 5.26. The molecular formula is C13H13N3O. The van der Waals surface area contributed by atoms with Crippen molar-refractivity contribution in [2.75, 3.05) is 0 Å². The zero-order valence-corrected chi connectivity index (χ0v) is 9.75. The second-order valence-corrected chi connectivity index (χ2v) is 4.13. The van der Waals surface area contributed by atoms with E-state index in [1.807, 2.05) is 7.05 Å². The van der Waals surface area contributed by atoms with Gasteiger partial charge in [-0.2, -0.15) is 5.26 Å². The molecule has 1 aromatic carbocycles. The average Bonchev–Trinajstić information content (AvgIpc) is 2.76. The topological polar surface area (TPSA) is 61.8 Å². The Kier molecular flexibility index (Phi) is 2.70. The molecule has 0 fully saturated rings. The van der Waals surface area contributed by atoms with Crippen LogP contribution in [0.15, 0.2) is 36.7 Å². The summed E-state index contributed by atoms with van der Waals surface area (Å²) in [4.78, 5) is 4.15. The van der Waals surface area contributed by atoms with Gasteiger partial charge in [0.1, 0.15) is 11.4 Å². The Morgan fingerprint density at radius 2 is 2.24 bits per heavy atom. The molecule has 0 saturated heterocycles. The highest BCUT2D eigenvalue weighted by Gasteiger charge is 2.29. The van der Waals surface area contributed by atoms with Gasteiger partial charge in [0.25, 0.3) is 0 Å². The van der Waals surface area contributed by atoms with Crippen molar-refractivity contribution in [2.24, 2.45) is 7.05 Å². The SMILES string of the molecule is Cn1ccnc1C(C)(O)c1cccc(C#N)c1. The minimum absolute atomic E-state index is 0.525. The van der Waals surface area contributed by atoms with Gasteiger partial charge < -0.3 is 9.67 Å². The summed E-state index contributed by atoms with van der Waals surface area (Å²) in [6.07, 6.45) is 3.41. The first kappa shape index (κ1) is 11.4. The normalized spacial score (nSPS) is 14.0. The lowest BCUT2D eigenvalue weighted by molar-refractivity contribution is 0.0891. The van der Waals surface area contributed by atoms with E-state index in [0.29, 0.717) is 17.0 Å². The van der Waals surface area contributed by atoms with Crippen LogP contribution in [0.4, 0.5) is 0 Å². The Hall–Kier alpha value is -2.12.